The molecule has 0 N–H and O–H groups in total. The summed E-state index contributed by atoms with van der Waals surface area (Å²) in [7, 11) is 0. The Kier molecular flexibility index (Phi) is 3.05. The Balaban J connectivity index is 2.29. The molecule has 2 rings (SSSR count). The van der Waals surface area contributed by atoms with Gasteiger partial charge in [0.1, 0.15) is 5.60 Å². The van der Waals surface area contributed by atoms with Crippen LogP contribution < -0.4 is 0 Å². The van der Waals surface area contributed by atoms with Crippen molar-refractivity contribution in [3.63, 3.8) is 0 Å². The molecular weight excluding hydrogens is 188 g/mol. The van der Waals surface area contributed by atoms with Gasteiger partial charge in [0.25, 0.3) is 0 Å². The molecule has 0 amide bonds. The van der Waals surface area contributed by atoms with E-state index in [2.05, 4.69) is 0 Å². The molecule has 1 aromatic rings. The van der Waals surface area contributed by atoms with Gasteiger partial charge in [0.15, 0.2) is 0 Å². The largest absolute Gasteiger partial charge is 0.446 e. The van der Waals surface area contributed by atoms with Crippen molar-refractivity contribution in [1.82, 2.24) is 0 Å². The summed E-state index contributed by atoms with van der Waals surface area (Å²) in [6, 6.07) is 10.0. The molecule has 1 aliphatic rings. The summed E-state index contributed by atoms with van der Waals surface area (Å²) in [5.74, 6) is 0. The van der Waals surface area contributed by atoms with Gasteiger partial charge in [0, 0.05) is 0 Å². The van der Waals surface area contributed by atoms with Crippen LogP contribution in [-0.2, 0) is 15.1 Å². The second-order valence-electron chi connectivity index (χ2n) is 4.11. The van der Waals surface area contributed by atoms with E-state index in [0.717, 1.165) is 31.2 Å². The molecule has 0 bridgehead atoms. The van der Waals surface area contributed by atoms with Crippen LogP contribution in [0.4, 0.5) is 0 Å². The van der Waals surface area contributed by atoms with Crippen LogP contribution in [0.2, 0.25) is 0 Å². The lowest BCUT2D eigenvalue weighted by molar-refractivity contribution is 0.0108. The molecule has 2 nitrogen and oxygen atoms in total. The van der Waals surface area contributed by atoms with Gasteiger partial charge in [0.2, 0.25) is 0 Å². The zero-order valence-electron chi connectivity index (χ0n) is 8.74. The number of benzene rings is 1. The quantitative estimate of drug-likeness (QED) is 0.755. The number of rotatable bonds is 3. The normalized spacial score (nSPS) is 19.5. The number of hydrogen-bond acceptors (Lipinski definition) is 2. The fraction of sp³-hybridized carbons (Fsp3) is 0.462. The van der Waals surface area contributed by atoms with Gasteiger partial charge in [-0.3, -0.25) is 0 Å². The molecule has 0 spiro atoms. The molecule has 0 aliphatic heterocycles. The zero-order valence-corrected chi connectivity index (χ0v) is 8.74. The molecule has 1 fully saturated rings. The SMILES string of the molecule is O=[C]OC1(c2ccccc2)CCCCC1. The minimum atomic E-state index is -0.402. The summed E-state index contributed by atoms with van der Waals surface area (Å²) in [5, 5.41) is 0. The third-order valence-corrected chi connectivity index (χ3v) is 3.20. The minimum absolute atomic E-state index is 0.402. The van der Waals surface area contributed by atoms with Crippen molar-refractivity contribution in [3.8, 4) is 0 Å². The van der Waals surface area contributed by atoms with Gasteiger partial charge in [-0.25, -0.2) is 4.79 Å². The van der Waals surface area contributed by atoms with Crippen LogP contribution in [0.25, 0.3) is 0 Å². The van der Waals surface area contributed by atoms with Crippen molar-refractivity contribution in [3.05, 3.63) is 35.9 Å². The van der Waals surface area contributed by atoms with Gasteiger partial charge in [-0.15, -0.1) is 0 Å². The Bertz CT molecular complexity index is 313. The molecular formula is C13H15O2. The van der Waals surface area contributed by atoms with E-state index in [4.69, 9.17) is 4.74 Å². The molecule has 79 valence electrons. The van der Waals surface area contributed by atoms with E-state index >= 15 is 0 Å². The van der Waals surface area contributed by atoms with E-state index in [1.807, 2.05) is 30.3 Å². The summed E-state index contributed by atoms with van der Waals surface area (Å²) in [5.41, 5.74) is 0.703. The highest BCUT2D eigenvalue weighted by Crippen LogP contribution is 2.39. The summed E-state index contributed by atoms with van der Waals surface area (Å²) in [4.78, 5) is 10.5. The highest BCUT2D eigenvalue weighted by Gasteiger charge is 2.35. The summed E-state index contributed by atoms with van der Waals surface area (Å²) < 4.78 is 5.25. The van der Waals surface area contributed by atoms with Crippen molar-refractivity contribution in [2.45, 2.75) is 37.7 Å². The maximum atomic E-state index is 10.5. The fourth-order valence-corrected chi connectivity index (χ4v) is 2.39. The zero-order chi connectivity index (χ0) is 10.6. The first-order valence-electron chi connectivity index (χ1n) is 5.48. The minimum Gasteiger partial charge on any atom is -0.446 e. The molecule has 2 heteroatoms. The van der Waals surface area contributed by atoms with Crippen molar-refractivity contribution in [2.24, 2.45) is 0 Å². The van der Waals surface area contributed by atoms with Crippen LogP contribution in [0.5, 0.6) is 0 Å². The van der Waals surface area contributed by atoms with Gasteiger partial charge >= 0.3 is 6.47 Å². The van der Waals surface area contributed by atoms with Gasteiger partial charge in [0.05, 0.1) is 0 Å². The smallest absolute Gasteiger partial charge is 0.418 e. The lowest BCUT2D eigenvalue weighted by atomic mass is 9.79. The van der Waals surface area contributed by atoms with E-state index < -0.39 is 5.60 Å². The second kappa shape index (κ2) is 4.47. The Morgan fingerprint density at radius 2 is 1.73 bits per heavy atom. The molecule has 15 heavy (non-hydrogen) atoms. The van der Waals surface area contributed by atoms with E-state index in [0.29, 0.717) is 0 Å². The molecule has 1 saturated carbocycles. The van der Waals surface area contributed by atoms with Gasteiger partial charge in [-0.2, -0.15) is 0 Å². The Morgan fingerprint density at radius 3 is 2.33 bits per heavy atom. The third kappa shape index (κ3) is 2.04. The average molecular weight is 203 g/mol. The monoisotopic (exact) mass is 203 g/mol. The van der Waals surface area contributed by atoms with Crippen molar-refractivity contribution >= 4 is 6.47 Å². The lowest BCUT2D eigenvalue weighted by Crippen LogP contribution is -2.31. The molecule has 1 aromatic carbocycles. The van der Waals surface area contributed by atoms with E-state index in [9.17, 15) is 4.79 Å². The van der Waals surface area contributed by atoms with Crippen LogP contribution in [-0.4, -0.2) is 6.47 Å². The molecule has 0 atom stereocenters. The van der Waals surface area contributed by atoms with E-state index in [1.54, 1.807) is 6.47 Å². The van der Waals surface area contributed by atoms with Crippen LogP contribution >= 0.6 is 0 Å². The van der Waals surface area contributed by atoms with Crippen molar-refractivity contribution in [2.75, 3.05) is 0 Å². The standard InChI is InChI=1S/C13H15O2/c14-11-15-13(9-5-2-6-10-13)12-7-3-1-4-8-12/h1,3-4,7-8H,2,5-6,9-10H2. The Hall–Kier alpha value is -1.31. The predicted molar refractivity (Wildman–Crippen MR) is 58.0 cm³/mol. The van der Waals surface area contributed by atoms with Gasteiger partial charge in [-0.1, -0.05) is 36.8 Å². The third-order valence-electron chi connectivity index (χ3n) is 3.20. The Labute approximate surface area is 90.3 Å². The van der Waals surface area contributed by atoms with Crippen molar-refractivity contribution in [1.29, 1.82) is 0 Å². The maximum absolute atomic E-state index is 10.5. The molecule has 0 unspecified atom stereocenters. The summed E-state index contributed by atoms with van der Waals surface area (Å²) >= 11 is 0. The first kappa shape index (κ1) is 10.2. The van der Waals surface area contributed by atoms with Gasteiger partial charge < -0.3 is 4.74 Å². The summed E-state index contributed by atoms with van der Waals surface area (Å²) in [6.45, 7) is 1.63. The predicted octanol–water partition coefficient (Wildman–Crippen LogP) is 2.93. The topological polar surface area (TPSA) is 26.3 Å². The molecule has 0 saturated heterocycles. The molecule has 1 radical (unpaired) electrons. The van der Waals surface area contributed by atoms with Gasteiger partial charge in [-0.05, 0) is 31.2 Å². The lowest BCUT2D eigenvalue weighted by Gasteiger charge is -2.35. The average Bonchev–Trinajstić information content (AvgIpc) is 2.32. The first-order chi connectivity index (χ1) is 7.37. The number of carbonyl (C=O) groups excluding carboxylic acids is 1. The van der Waals surface area contributed by atoms with Crippen LogP contribution in [0.3, 0.4) is 0 Å². The van der Waals surface area contributed by atoms with Crippen LogP contribution in [0, 0.1) is 0 Å². The van der Waals surface area contributed by atoms with E-state index in [1.165, 1.54) is 6.42 Å². The number of hydrogen-bond donors (Lipinski definition) is 0. The van der Waals surface area contributed by atoms with Crippen LogP contribution in [0.1, 0.15) is 37.7 Å². The molecule has 0 heterocycles. The second-order valence-corrected chi connectivity index (χ2v) is 4.11. The van der Waals surface area contributed by atoms with E-state index in [-0.39, 0.29) is 0 Å². The fourth-order valence-electron chi connectivity index (χ4n) is 2.39. The summed E-state index contributed by atoms with van der Waals surface area (Å²) in [6.07, 6.45) is 5.32. The molecule has 0 aromatic heterocycles. The van der Waals surface area contributed by atoms with Crippen LogP contribution in [0.15, 0.2) is 30.3 Å². The van der Waals surface area contributed by atoms with Crippen molar-refractivity contribution < 1.29 is 9.53 Å². The Morgan fingerprint density at radius 1 is 1.07 bits per heavy atom. The molecule has 1 aliphatic carbocycles. The maximum Gasteiger partial charge on any atom is 0.418 e. The number of ether oxygens (including phenoxy) is 1. The first-order valence-corrected chi connectivity index (χ1v) is 5.48. The highest BCUT2D eigenvalue weighted by molar-refractivity contribution is 5.41. The highest BCUT2D eigenvalue weighted by atomic mass is 16.5.